The van der Waals surface area contributed by atoms with E-state index in [1.54, 1.807) is 6.26 Å². The minimum absolute atomic E-state index is 0.920. The van der Waals surface area contributed by atoms with Gasteiger partial charge in [-0.05, 0) is 32.6 Å². The summed E-state index contributed by atoms with van der Waals surface area (Å²) in [7, 11) is 1.98. The lowest BCUT2D eigenvalue weighted by atomic mass is 10.2. The maximum absolute atomic E-state index is 5.34. The first-order valence-electron chi connectivity index (χ1n) is 5.29. The number of hydrogen-bond donors (Lipinski definition) is 2. The standard InChI is InChI=1S/C11H20N2O/c1-3-11-10(5-8-14-11)9-13-7-4-6-12-2/h5,8,12-13H,3-4,6-7,9H2,1-2H3. The Labute approximate surface area is 85.9 Å². The van der Waals surface area contributed by atoms with Crippen LogP contribution in [0.4, 0.5) is 0 Å². The molecule has 14 heavy (non-hydrogen) atoms. The molecule has 1 aromatic heterocycles. The van der Waals surface area contributed by atoms with Gasteiger partial charge in [0.2, 0.25) is 0 Å². The van der Waals surface area contributed by atoms with E-state index < -0.39 is 0 Å². The highest BCUT2D eigenvalue weighted by Crippen LogP contribution is 2.10. The molecule has 0 unspecified atom stereocenters. The van der Waals surface area contributed by atoms with Crippen molar-refractivity contribution in [1.29, 1.82) is 0 Å². The minimum atomic E-state index is 0.920. The highest BCUT2D eigenvalue weighted by molar-refractivity contribution is 5.16. The topological polar surface area (TPSA) is 37.2 Å². The summed E-state index contributed by atoms with van der Waals surface area (Å²) in [6.07, 6.45) is 3.90. The van der Waals surface area contributed by atoms with Crippen molar-refractivity contribution in [2.75, 3.05) is 20.1 Å². The van der Waals surface area contributed by atoms with Crippen molar-refractivity contribution in [2.24, 2.45) is 0 Å². The Morgan fingerprint density at radius 3 is 2.93 bits per heavy atom. The molecule has 0 aliphatic carbocycles. The molecule has 0 aliphatic rings. The molecule has 0 aromatic carbocycles. The quantitative estimate of drug-likeness (QED) is 0.650. The fourth-order valence-electron chi connectivity index (χ4n) is 1.45. The monoisotopic (exact) mass is 196 g/mol. The van der Waals surface area contributed by atoms with E-state index in [-0.39, 0.29) is 0 Å². The number of rotatable bonds is 7. The zero-order valence-electron chi connectivity index (χ0n) is 9.10. The van der Waals surface area contributed by atoms with Crippen LogP contribution < -0.4 is 10.6 Å². The van der Waals surface area contributed by atoms with Gasteiger partial charge in [0.05, 0.1) is 6.26 Å². The Balaban J connectivity index is 2.17. The predicted octanol–water partition coefficient (Wildman–Crippen LogP) is 1.54. The zero-order valence-corrected chi connectivity index (χ0v) is 9.10. The summed E-state index contributed by atoms with van der Waals surface area (Å²) in [5.74, 6) is 1.10. The zero-order chi connectivity index (χ0) is 10.2. The van der Waals surface area contributed by atoms with Crippen molar-refractivity contribution in [3.63, 3.8) is 0 Å². The molecule has 1 rings (SSSR count). The first kappa shape index (κ1) is 11.3. The van der Waals surface area contributed by atoms with Crippen LogP contribution in [0, 0.1) is 0 Å². The third-order valence-electron chi connectivity index (χ3n) is 2.25. The molecule has 0 saturated carbocycles. The van der Waals surface area contributed by atoms with Crippen LogP contribution in [0.2, 0.25) is 0 Å². The molecule has 1 aromatic rings. The van der Waals surface area contributed by atoms with E-state index in [0.717, 1.165) is 38.2 Å². The Hall–Kier alpha value is -0.800. The molecule has 1 heterocycles. The summed E-state index contributed by atoms with van der Waals surface area (Å²) in [6.45, 7) is 5.15. The molecular formula is C11H20N2O. The highest BCUT2D eigenvalue weighted by Gasteiger charge is 2.02. The summed E-state index contributed by atoms with van der Waals surface area (Å²) in [4.78, 5) is 0. The number of aryl methyl sites for hydroxylation is 1. The molecule has 0 aliphatic heterocycles. The lowest BCUT2D eigenvalue weighted by Gasteiger charge is -2.03. The van der Waals surface area contributed by atoms with Gasteiger partial charge in [0.15, 0.2) is 0 Å². The van der Waals surface area contributed by atoms with Crippen molar-refractivity contribution < 1.29 is 4.42 Å². The van der Waals surface area contributed by atoms with Crippen LogP contribution in [0.3, 0.4) is 0 Å². The fourth-order valence-corrected chi connectivity index (χ4v) is 1.45. The number of furan rings is 1. The molecule has 80 valence electrons. The van der Waals surface area contributed by atoms with Gasteiger partial charge in [-0.15, -0.1) is 0 Å². The van der Waals surface area contributed by atoms with E-state index in [2.05, 4.69) is 17.6 Å². The summed E-state index contributed by atoms with van der Waals surface area (Å²) >= 11 is 0. The molecule has 0 fully saturated rings. The SMILES string of the molecule is CCc1occc1CNCCCNC. The first-order valence-corrected chi connectivity index (χ1v) is 5.29. The van der Waals surface area contributed by atoms with Crippen LogP contribution in [0.15, 0.2) is 16.7 Å². The molecule has 0 bridgehead atoms. The van der Waals surface area contributed by atoms with Crippen LogP contribution in [-0.2, 0) is 13.0 Å². The fraction of sp³-hybridized carbons (Fsp3) is 0.636. The van der Waals surface area contributed by atoms with Crippen LogP contribution in [0.1, 0.15) is 24.7 Å². The van der Waals surface area contributed by atoms with Gasteiger partial charge < -0.3 is 15.1 Å². The van der Waals surface area contributed by atoms with Crippen LogP contribution >= 0.6 is 0 Å². The van der Waals surface area contributed by atoms with Crippen molar-refractivity contribution in [1.82, 2.24) is 10.6 Å². The summed E-state index contributed by atoms with van der Waals surface area (Å²) in [5.41, 5.74) is 1.29. The second-order valence-electron chi connectivity index (χ2n) is 3.36. The van der Waals surface area contributed by atoms with Crippen molar-refractivity contribution in [2.45, 2.75) is 26.3 Å². The molecule has 3 nitrogen and oxygen atoms in total. The average Bonchev–Trinajstić information content (AvgIpc) is 2.65. The lowest BCUT2D eigenvalue weighted by molar-refractivity contribution is 0.507. The predicted molar refractivity (Wildman–Crippen MR) is 58.3 cm³/mol. The van der Waals surface area contributed by atoms with E-state index in [1.165, 1.54) is 5.56 Å². The molecule has 0 radical (unpaired) electrons. The largest absolute Gasteiger partial charge is 0.469 e. The molecule has 2 N–H and O–H groups in total. The van der Waals surface area contributed by atoms with Gasteiger partial charge in [0.25, 0.3) is 0 Å². The number of hydrogen-bond acceptors (Lipinski definition) is 3. The van der Waals surface area contributed by atoms with Crippen LogP contribution in [-0.4, -0.2) is 20.1 Å². The van der Waals surface area contributed by atoms with E-state index in [0.29, 0.717) is 0 Å². The minimum Gasteiger partial charge on any atom is -0.469 e. The van der Waals surface area contributed by atoms with Crippen LogP contribution in [0.25, 0.3) is 0 Å². The molecule has 0 saturated heterocycles. The Bertz CT molecular complexity index is 245. The normalized spacial score (nSPS) is 10.7. The average molecular weight is 196 g/mol. The Morgan fingerprint density at radius 2 is 2.21 bits per heavy atom. The second-order valence-corrected chi connectivity index (χ2v) is 3.36. The number of nitrogens with one attached hydrogen (secondary N) is 2. The molecule has 0 amide bonds. The Kier molecular flexibility index (Phi) is 5.33. The maximum atomic E-state index is 5.34. The van der Waals surface area contributed by atoms with Gasteiger partial charge in [-0.3, -0.25) is 0 Å². The molecular weight excluding hydrogens is 176 g/mol. The van der Waals surface area contributed by atoms with Crippen molar-refractivity contribution in [3.05, 3.63) is 23.7 Å². The van der Waals surface area contributed by atoms with E-state index in [9.17, 15) is 0 Å². The van der Waals surface area contributed by atoms with Crippen molar-refractivity contribution in [3.8, 4) is 0 Å². The smallest absolute Gasteiger partial charge is 0.107 e. The van der Waals surface area contributed by atoms with Gasteiger partial charge in [-0.1, -0.05) is 6.92 Å². The van der Waals surface area contributed by atoms with Gasteiger partial charge in [-0.2, -0.15) is 0 Å². The van der Waals surface area contributed by atoms with Gasteiger partial charge in [-0.25, -0.2) is 0 Å². The van der Waals surface area contributed by atoms with E-state index in [4.69, 9.17) is 4.42 Å². The van der Waals surface area contributed by atoms with E-state index in [1.807, 2.05) is 13.1 Å². The van der Waals surface area contributed by atoms with E-state index >= 15 is 0 Å². The maximum Gasteiger partial charge on any atom is 0.107 e. The van der Waals surface area contributed by atoms with Crippen LogP contribution in [0.5, 0.6) is 0 Å². The highest BCUT2D eigenvalue weighted by atomic mass is 16.3. The van der Waals surface area contributed by atoms with Gasteiger partial charge >= 0.3 is 0 Å². The Morgan fingerprint density at radius 1 is 1.36 bits per heavy atom. The third-order valence-corrected chi connectivity index (χ3v) is 2.25. The first-order chi connectivity index (χ1) is 6.88. The third kappa shape index (κ3) is 3.52. The second kappa shape index (κ2) is 6.62. The molecule has 0 spiro atoms. The lowest BCUT2D eigenvalue weighted by Crippen LogP contribution is -2.19. The van der Waals surface area contributed by atoms with Crippen molar-refractivity contribution >= 4 is 0 Å². The van der Waals surface area contributed by atoms with Gasteiger partial charge in [0, 0.05) is 18.5 Å². The summed E-state index contributed by atoms with van der Waals surface area (Å²) < 4.78 is 5.34. The summed E-state index contributed by atoms with van der Waals surface area (Å²) in [6, 6.07) is 2.05. The summed E-state index contributed by atoms with van der Waals surface area (Å²) in [5, 5.41) is 6.52. The molecule has 0 atom stereocenters. The van der Waals surface area contributed by atoms with Gasteiger partial charge in [0.1, 0.15) is 5.76 Å². The molecule has 3 heteroatoms.